The summed E-state index contributed by atoms with van der Waals surface area (Å²) in [6.45, 7) is 15.4. The highest BCUT2D eigenvalue weighted by Gasteiger charge is 2.81. The molecule has 8 nitrogen and oxygen atoms in total. The Hall–Kier alpha value is -3.91. The molecule has 5 atom stereocenters. The highest BCUT2D eigenvalue weighted by Crippen LogP contribution is 2.68. The molecule has 1 spiro atoms. The number of Topliss-reactive ketones (excluding diaryl/α,β-unsaturated/α-hetero) is 2. The number of carbonyl (C=O) groups is 3. The number of carboxylic acid groups (broad SMARTS) is 1. The summed E-state index contributed by atoms with van der Waals surface area (Å²) < 4.78 is 20.6. The third-order valence-electron chi connectivity index (χ3n) is 10.5. The Labute approximate surface area is 270 Å². The molecule has 4 bridgehead atoms. The zero-order valence-electron chi connectivity index (χ0n) is 28.0. The molecule has 6 aliphatic rings. The van der Waals surface area contributed by atoms with Crippen LogP contribution in [-0.4, -0.2) is 50.2 Å². The zero-order chi connectivity index (χ0) is 33.6. The van der Waals surface area contributed by atoms with E-state index in [1.807, 2.05) is 52.8 Å². The van der Waals surface area contributed by atoms with Crippen LogP contribution in [0.25, 0.3) is 6.08 Å². The molecule has 2 fully saturated rings. The Morgan fingerprint density at radius 3 is 2.35 bits per heavy atom. The van der Waals surface area contributed by atoms with Crippen LogP contribution in [0.3, 0.4) is 0 Å². The number of fused-ring (bicyclic) bond motifs is 2. The van der Waals surface area contributed by atoms with E-state index in [1.54, 1.807) is 6.08 Å². The van der Waals surface area contributed by atoms with Crippen LogP contribution in [0, 0.1) is 11.8 Å². The predicted molar refractivity (Wildman–Crippen MR) is 174 cm³/mol. The number of rotatable bonds is 8. The number of carbonyl (C=O) groups excluding carboxylic acids is 2. The van der Waals surface area contributed by atoms with Crippen LogP contribution in [0.5, 0.6) is 17.2 Å². The Kier molecular flexibility index (Phi) is 7.36. The van der Waals surface area contributed by atoms with Gasteiger partial charge in [0.05, 0.1) is 11.2 Å². The first-order valence-electron chi connectivity index (χ1n) is 16.2. The average Bonchev–Trinajstić information content (AvgIpc) is 3.12. The van der Waals surface area contributed by atoms with Crippen LogP contribution in [0.1, 0.15) is 103 Å². The highest BCUT2D eigenvalue weighted by molar-refractivity contribution is 6.19. The lowest BCUT2D eigenvalue weighted by molar-refractivity contribution is -0.171. The number of phenolic OH excluding ortho intramolecular Hbond substituents is 1. The molecule has 46 heavy (non-hydrogen) atoms. The fourth-order valence-electron chi connectivity index (χ4n) is 8.17. The lowest BCUT2D eigenvalue weighted by atomic mass is 9.51. The fraction of sp³-hybridized carbons (Fsp3) is 0.500. The van der Waals surface area contributed by atoms with E-state index in [-0.39, 0.29) is 40.8 Å². The van der Waals surface area contributed by atoms with E-state index in [4.69, 9.17) is 14.2 Å². The molecule has 7 rings (SSSR count). The van der Waals surface area contributed by atoms with Gasteiger partial charge in [0.1, 0.15) is 28.4 Å². The van der Waals surface area contributed by atoms with Crippen LogP contribution >= 0.6 is 0 Å². The Morgan fingerprint density at radius 1 is 1.00 bits per heavy atom. The number of ether oxygens (including phenoxy) is 3. The van der Waals surface area contributed by atoms with Gasteiger partial charge in [0, 0.05) is 35.0 Å². The topological polar surface area (TPSA) is 119 Å². The standard InChI is InChI=1S/C38H44O8/c1-20(2)10-9-15-36(8)16-14-24-29(39)28-30(40)26-18-23-19-27-35(6,7)46-37(33(23)41,17-13-22(5)34(42)43)38(26,27)45-32(28)25(31(24)44-36)12-11-21(3)4/h10-11,13-14,16,18,23,27,39H,9,12,15,17,19H2,1-8H3,(H,42,43)/b22-13+/t23?,27?,36-,37?,38+/m0/s1. The van der Waals surface area contributed by atoms with E-state index in [0.717, 1.165) is 12.0 Å². The molecule has 1 saturated heterocycles. The number of hydrogen-bond donors (Lipinski definition) is 2. The van der Waals surface area contributed by atoms with Crippen molar-refractivity contribution in [1.29, 1.82) is 0 Å². The molecule has 244 valence electrons. The van der Waals surface area contributed by atoms with E-state index in [1.165, 1.54) is 18.6 Å². The number of aliphatic carboxylic acids is 1. The molecule has 3 aliphatic carbocycles. The van der Waals surface area contributed by atoms with E-state index in [2.05, 4.69) is 19.9 Å². The largest absolute Gasteiger partial charge is 0.506 e. The third-order valence-corrected chi connectivity index (χ3v) is 10.5. The van der Waals surface area contributed by atoms with E-state index >= 15 is 0 Å². The van der Waals surface area contributed by atoms with Crippen molar-refractivity contribution in [3.05, 3.63) is 69.4 Å². The summed E-state index contributed by atoms with van der Waals surface area (Å²) in [5.41, 5.74) is -0.952. The second kappa shape index (κ2) is 10.6. The molecule has 2 N–H and O–H groups in total. The van der Waals surface area contributed by atoms with Crippen molar-refractivity contribution in [2.24, 2.45) is 11.8 Å². The van der Waals surface area contributed by atoms with Crippen LogP contribution in [-0.2, 0) is 20.7 Å². The summed E-state index contributed by atoms with van der Waals surface area (Å²) in [6.07, 6.45) is 13.4. The van der Waals surface area contributed by atoms with Crippen molar-refractivity contribution in [2.45, 2.75) is 110 Å². The summed E-state index contributed by atoms with van der Waals surface area (Å²) in [4.78, 5) is 40.8. The number of carboxylic acids is 1. The van der Waals surface area contributed by atoms with Crippen molar-refractivity contribution in [3.63, 3.8) is 0 Å². The molecule has 0 aromatic heterocycles. The molecule has 1 aromatic carbocycles. The van der Waals surface area contributed by atoms with Gasteiger partial charge in [-0.25, -0.2) is 4.79 Å². The van der Waals surface area contributed by atoms with Crippen LogP contribution in [0.4, 0.5) is 0 Å². The first-order valence-corrected chi connectivity index (χ1v) is 16.2. The minimum atomic E-state index is -1.63. The van der Waals surface area contributed by atoms with Crippen molar-refractivity contribution < 1.29 is 38.8 Å². The van der Waals surface area contributed by atoms with Crippen LogP contribution in [0.2, 0.25) is 0 Å². The van der Waals surface area contributed by atoms with Gasteiger partial charge >= 0.3 is 5.97 Å². The fourth-order valence-corrected chi connectivity index (χ4v) is 8.17. The molecule has 1 saturated carbocycles. The molecular formula is C38H44O8. The van der Waals surface area contributed by atoms with E-state index < -0.39 is 40.1 Å². The molecule has 1 aromatic rings. The van der Waals surface area contributed by atoms with Gasteiger partial charge in [0.25, 0.3) is 0 Å². The van der Waals surface area contributed by atoms with Gasteiger partial charge in [-0.05, 0) is 93.2 Å². The summed E-state index contributed by atoms with van der Waals surface area (Å²) in [5, 5.41) is 21.4. The lowest BCUT2D eigenvalue weighted by Crippen LogP contribution is -2.72. The van der Waals surface area contributed by atoms with Gasteiger partial charge in [-0.1, -0.05) is 35.5 Å². The maximum Gasteiger partial charge on any atom is 0.330 e. The Bertz CT molecular complexity index is 1730. The first kappa shape index (κ1) is 32.0. The highest BCUT2D eigenvalue weighted by atomic mass is 16.6. The SMILES string of the molecule is CC(C)=CCC[C@@]1(C)C=Cc2c(O)c3c(c(CC=C(C)C)c2O1)O[C@]12C(=CC4CC1C(C)(C)OC2(C/C=C(\C)C(=O)O)C4=O)C3=O. The maximum atomic E-state index is 14.7. The molecule has 3 aliphatic heterocycles. The minimum Gasteiger partial charge on any atom is -0.506 e. The normalized spacial score (nSPS) is 31.2. The maximum absolute atomic E-state index is 14.7. The molecule has 3 heterocycles. The van der Waals surface area contributed by atoms with Crippen molar-refractivity contribution >= 4 is 23.6 Å². The molecule has 0 radical (unpaired) electrons. The number of ketones is 2. The quantitative estimate of drug-likeness (QED) is 0.228. The molecule has 8 heteroatoms. The van der Waals surface area contributed by atoms with Crippen molar-refractivity contribution in [3.8, 4) is 17.2 Å². The summed E-state index contributed by atoms with van der Waals surface area (Å²) in [6, 6.07) is 0. The van der Waals surface area contributed by atoms with Crippen molar-refractivity contribution in [1.82, 2.24) is 0 Å². The monoisotopic (exact) mass is 628 g/mol. The Morgan fingerprint density at radius 2 is 1.70 bits per heavy atom. The average molecular weight is 629 g/mol. The van der Waals surface area contributed by atoms with Gasteiger partial charge < -0.3 is 24.4 Å². The third kappa shape index (κ3) is 4.47. The second-order valence-electron chi connectivity index (χ2n) is 14.8. The van der Waals surface area contributed by atoms with Crippen LogP contribution in [0.15, 0.2) is 52.7 Å². The second-order valence-corrected chi connectivity index (χ2v) is 14.8. The zero-order valence-corrected chi connectivity index (χ0v) is 28.0. The molecule has 0 amide bonds. The van der Waals surface area contributed by atoms with Gasteiger partial charge in [-0.3, -0.25) is 9.59 Å². The first-order chi connectivity index (χ1) is 21.5. The number of phenols is 1. The van der Waals surface area contributed by atoms with E-state index in [9.17, 15) is 24.6 Å². The van der Waals surface area contributed by atoms with E-state index in [0.29, 0.717) is 41.7 Å². The minimum absolute atomic E-state index is 0.0544. The summed E-state index contributed by atoms with van der Waals surface area (Å²) in [7, 11) is 0. The van der Waals surface area contributed by atoms with Gasteiger partial charge in [0.2, 0.25) is 0 Å². The Balaban J connectivity index is 1.59. The smallest absolute Gasteiger partial charge is 0.330 e. The van der Waals surface area contributed by atoms with Gasteiger partial charge in [-0.15, -0.1) is 0 Å². The number of hydrogen-bond acceptors (Lipinski definition) is 7. The summed E-state index contributed by atoms with van der Waals surface area (Å²) in [5.74, 6) is -2.28. The number of aromatic hydroxyl groups is 1. The number of allylic oxidation sites excluding steroid dienone is 5. The van der Waals surface area contributed by atoms with Gasteiger partial charge in [0.15, 0.2) is 22.8 Å². The molecule has 3 unspecified atom stereocenters. The predicted octanol–water partition coefficient (Wildman–Crippen LogP) is 7.24. The number of benzene rings is 1. The molecular weight excluding hydrogens is 584 g/mol. The van der Waals surface area contributed by atoms with Crippen LogP contribution < -0.4 is 9.47 Å². The van der Waals surface area contributed by atoms with Gasteiger partial charge in [-0.2, -0.15) is 0 Å². The lowest BCUT2D eigenvalue weighted by Gasteiger charge is -2.56. The summed E-state index contributed by atoms with van der Waals surface area (Å²) >= 11 is 0. The van der Waals surface area contributed by atoms with Crippen molar-refractivity contribution in [2.75, 3.05) is 0 Å².